The topological polar surface area (TPSA) is 26.3 Å². The van der Waals surface area contributed by atoms with Gasteiger partial charge in [-0.3, -0.25) is 0 Å². The molecule has 0 bridgehead atoms. The first-order valence-corrected chi connectivity index (χ1v) is 10.1. The fourth-order valence-electron chi connectivity index (χ4n) is 1.18. The molecule has 2 nitrogen and oxygen atoms in total. The molecule has 0 saturated heterocycles. The summed E-state index contributed by atoms with van der Waals surface area (Å²) >= 11 is 4.24. The van der Waals surface area contributed by atoms with Gasteiger partial charge in [0.15, 0.2) is 0 Å². The van der Waals surface area contributed by atoms with E-state index in [2.05, 4.69) is 37.2 Å². The van der Waals surface area contributed by atoms with Gasteiger partial charge in [0.25, 0.3) is 0 Å². The molecule has 1 rings (SSSR count). The van der Waals surface area contributed by atoms with Crippen LogP contribution >= 0.6 is 37.2 Å². The predicted molar refractivity (Wildman–Crippen MR) is 66.6 cm³/mol. The van der Waals surface area contributed by atoms with Gasteiger partial charge in [-0.05, 0) is 18.4 Å². The van der Waals surface area contributed by atoms with Gasteiger partial charge in [-0.2, -0.15) is 0 Å². The number of esters is 1. The van der Waals surface area contributed by atoms with Gasteiger partial charge >= 0.3 is 5.97 Å². The Morgan fingerprint density at radius 1 is 1.33 bits per heavy atom. The van der Waals surface area contributed by atoms with Crippen LogP contribution in [0, 0.1) is 0 Å². The van der Waals surface area contributed by atoms with E-state index in [1.54, 1.807) is 0 Å². The van der Waals surface area contributed by atoms with E-state index in [0.717, 1.165) is 18.4 Å². The van der Waals surface area contributed by atoms with Gasteiger partial charge in [-0.1, -0.05) is 13.8 Å². The molecule has 0 amide bonds. The summed E-state index contributed by atoms with van der Waals surface area (Å²) in [5.41, 5.74) is 2.06. The normalized spacial score (nSPS) is 15.5. The lowest BCUT2D eigenvalue weighted by Crippen LogP contribution is -1.97. The molecule has 0 atom stereocenters. The Hall–Kier alpha value is 0.670. The molecule has 0 aliphatic carbocycles. The SMILES string of the molecule is CCC1=C(CC)C(=O)OC1.II. The highest BCUT2D eigenvalue weighted by molar-refractivity contribution is 15.0. The number of carbonyl (C=O) groups is 1. The number of cyclic esters (lactones) is 1. The largest absolute Gasteiger partial charge is 0.458 e. The number of carbonyl (C=O) groups excluding carboxylic acids is 1. The standard InChI is InChI=1S/C8H12O2.I2/c1-3-6-5-10-8(9)7(6)4-2;1-2/h3-5H2,1-2H3;. The molecule has 1 heterocycles. The summed E-state index contributed by atoms with van der Waals surface area (Å²) in [6, 6.07) is 0. The Kier molecular flexibility index (Phi) is 7.51. The molecule has 0 N–H and O–H groups in total. The van der Waals surface area contributed by atoms with E-state index in [1.807, 2.05) is 13.8 Å². The second kappa shape index (κ2) is 7.11. The van der Waals surface area contributed by atoms with Crippen LogP contribution in [0.15, 0.2) is 11.1 Å². The van der Waals surface area contributed by atoms with Gasteiger partial charge < -0.3 is 4.74 Å². The van der Waals surface area contributed by atoms with Gasteiger partial charge in [0, 0.05) is 42.8 Å². The van der Waals surface area contributed by atoms with Crippen molar-refractivity contribution in [2.75, 3.05) is 6.61 Å². The van der Waals surface area contributed by atoms with Crippen LogP contribution in [0.25, 0.3) is 0 Å². The monoisotopic (exact) mass is 394 g/mol. The maximum absolute atomic E-state index is 10.9. The van der Waals surface area contributed by atoms with Crippen LogP contribution in [-0.2, 0) is 9.53 Å². The van der Waals surface area contributed by atoms with E-state index >= 15 is 0 Å². The highest BCUT2D eigenvalue weighted by atomic mass is 128. The third kappa shape index (κ3) is 3.20. The van der Waals surface area contributed by atoms with E-state index in [0.29, 0.717) is 6.61 Å². The zero-order chi connectivity index (χ0) is 9.56. The lowest BCUT2D eigenvalue weighted by Gasteiger charge is -1.93. The Morgan fingerprint density at radius 2 is 1.92 bits per heavy atom. The summed E-state index contributed by atoms with van der Waals surface area (Å²) in [6.45, 7) is 4.56. The molecule has 4 heteroatoms. The maximum atomic E-state index is 10.9. The summed E-state index contributed by atoms with van der Waals surface area (Å²) in [4.78, 5) is 10.9. The summed E-state index contributed by atoms with van der Waals surface area (Å²) in [6.07, 6.45) is 1.75. The minimum atomic E-state index is -0.112. The average molecular weight is 394 g/mol. The lowest BCUT2D eigenvalue weighted by molar-refractivity contribution is -0.136. The molecule has 0 aromatic carbocycles. The van der Waals surface area contributed by atoms with Crippen molar-refractivity contribution in [2.24, 2.45) is 0 Å². The molecule has 70 valence electrons. The highest BCUT2D eigenvalue weighted by Gasteiger charge is 2.20. The molecule has 0 fully saturated rings. The second-order valence-corrected chi connectivity index (χ2v) is 2.37. The summed E-state index contributed by atoms with van der Waals surface area (Å²) in [5.74, 6) is -0.112. The Labute approximate surface area is 96.4 Å². The number of rotatable bonds is 2. The van der Waals surface area contributed by atoms with Crippen molar-refractivity contribution in [3.63, 3.8) is 0 Å². The van der Waals surface area contributed by atoms with Crippen molar-refractivity contribution in [1.29, 1.82) is 0 Å². The molecule has 0 spiro atoms. The molecule has 1 aliphatic rings. The highest BCUT2D eigenvalue weighted by Crippen LogP contribution is 2.20. The van der Waals surface area contributed by atoms with E-state index in [1.165, 1.54) is 5.57 Å². The third-order valence-corrected chi connectivity index (χ3v) is 1.83. The van der Waals surface area contributed by atoms with E-state index in [9.17, 15) is 4.79 Å². The van der Waals surface area contributed by atoms with Crippen LogP contribution in [0.2, 0.25) is 0 Å². The summed E-state index contributed by atoms with van der Waals surface area (Å²) in [5, 5.41) is 0. The van der Waals surface area contributed by atoms with Gasteiger partial charge in [0.05, 0.1) is 0 Å². The molecule has 0 saturated carbocycles. The van der Waals surface area contributed by atoms with Gasteiger partial charge in [0.1, 0.15) is 6.61 Å². The smallest absolute Gasteiger partial charge is 0.334 e. The minimum Gasteiger partial charge on any atom is -0.458 e. The summed E-state index contributed by atoms with van der Waals surface area (Å²) in [7, 11) is 0. The van der Waals surface area contributed by atoms with Crippen molar-refractivity contribution in [3.8, 4) is 0 Å². The molecular formula is C8H12I2O2. The predicted octanol–water partition coefficient (Wildman–Crippen LogP) is 3.43. The lowest BCUT2D eigenvalue weighted by atomic mass is 10.1. The van der Waals surface area contributed by atoms with Gasteiger partial charge in [-0.25, -0.2) is 4.79 Å². The number of ether oxygens (including phenoxy) is 1. The number of hydrogen-bond acceptors (Lipinski definition) is 2. The van der Waals surface area contributed by atoms with E-state index in [4.69, 9.17) is 4.74 Å². The first-order chi connectivity index (χ1) is 5.79. The van der Waals surface area contributed by atoms with Crippen molar-refractivity contribution < 1.29 is 9.53 Å². The Morgan fingerprint density at radius 3 is 2.25 bits per heavy atom. The molecule has 0 aromatic rings. The number of hydrogen-bond donors (Lipinski definition) is 0. The Bertz CT molecular complexity index is 187. The summed E-state index contributed by atoms with van der Waals surface area (Å²) < 4.78 is 4.85. The van der Waals surface area contributed by atoms with Crippen LogP contribution in [0.3, 0.4) is 0 Å². The van der Waals surface area contributed by atoms with Crippen molar-refractivity contribution in [1.82, 2.24) is 0 Å². The molecule has 1 aliphatic heterocycles. The molecule has 0 aromatic heterocycles. The van der Waals surface area contributed by atoms with Gasteiger partial charge in [-0.15, -0.1) is 0 Å². The van der Waals surface area contributed by atoms with Crippen molar-refractivity contribution in [3.05, 3.63) is 11.1 Å². The maximum Gasteiger partial charge on any atom is 0.334 e. The van der Waals surface area contributed by atoms with Gasteiger partial charge in [0.2, 0.25) is 0 Å². The average Bonchev–Trinajstić information content (AvgIpc) is 2.49. The van der Waals surface area contributed by atoms with Crippen LogP contribution in [-0.4, -0.2) is 12.6 Å². The zero-order valence-corrected chi connectivity index (χ0v) is 11.5. The first-order valence-electron chi connectivity index (χ1n) is 3.81. The first kappa shape index (κ1) is 12.7. The van der Waals surface area contributed by atoms with Crippen LogP contribution in [0.4, 0.5) is 0 Å². The molecular weight excluding hydrogens is 382 g/mol. The van der Waals surface area contributed by atoms with Crippen molar-refractivity contribution >= 4 is 43.2 Å². The molecule has 0 radical (unpaired) electrons. The Balaban J connectivity index is 0.000000561. The minimum absolute atomic E-state index is 0.112. The number of halogens is 2. The second-order valence-electron chi connectivity index (χ2n) is 2.37. The molecule has 0 unspecified atom stereocenters. The zero-order valence-electron chi connectivity index (χ0n) is 7.19. The fourth-order valence-corrected chi connectivity index (χ4v) is 1.18. The fraction of sp³-hybridized carbons (Fsp3) is 0.625. The van der Waals surface area contributed by atoms with E-state index < -0.39 is 0 Å². The van der Waals surface area contributed by atoms with Crippen LogP contribution < -0.4 is 0 Å². The van der Waals surface area contributed by atoms with Crippen LogP contribution in [0.5, 0.6) is 0 Å². The molecule has 12 heavy (non-hydrogen) atoms. The van der Waals surface area contributed by atoms with Crippen LogP contribution in [0.1, 0.15) is 26.7 Å². The third-order valence-electron chi connectivity index (χ3n) is 1.83. The van der Waals surface area contributed by atoms with Crippen molar-refractivity contribution in [2.45, 2.75) is 26.7 Å². The quantitative estimate of drug-likeness (QED) is 0.530. The van der Waals surface area contributed by atoms with E-state index in [-0.39, 0.29) is 5.97 Å².